The van der Waals surface area contributed by atoms with E-state index in [4.69, 9.17) is 19.1 Å². The molecule has 9 heteroatoms. The number of ether oxygens (including phenoxy) is 1. The van der Waals surface area contributed by atoms with Crippen LogP contribution < -0.4 is 4.90 Å². The molecule has 158 valence electrons. The summed E-state index contributed by atoms with van der Waals surface area (Å²) in [5.41, 5.74) is 1.91. The van der Waals surface area contributed by atoms with Gasteiger partial charge < -0.3 is 24.1 Å². The Kier molecular flexibility index (Phi) is 5.24. The highest BCUT2D eigenvalue weighted by atomic mass is 16.5. The van der Waals surface area contributed by atoms with E-state index in [0.717, 1.165) is 50.6 Å². The lowest BCUT2D eigenvalue weighted by Gasteiger charge is -2.31. The van der Waals surface area contributed by atoms with E-state index < -0.39 is 0 Å². The molecule has 0 amide bonds. The molecule has 2 aromatic heterocycles. The van der Waals surface area contributed by atoms with Crippen molar-refractivity contribution < 1.29 is 14.3 Å². The van der Waals surface area contributed by atoms with Crippen molar-refractivity contribution in [2.45, 2.75) is 6.54 Å². The second-order valence-corrected chi connectivity index (χ2v) is 7.86. The Morgan fingerprint density at radius 2 is 1.80 bits per heavy atom. The first-order valence-corrected chi connectivity index (χ1v) is 10.4. The summed E-state index contributed by atoms with van der Waals surface area (Å²) in [6, 6.07) is 6.97. The Bertz CT molecular complexity index is 1020. The molecular weight excluding hydrogens is 384 g/mol. The molecule has 5 rings (SSSR count). The molecule has 0 atom stereocenters. The minimum Gasteiger partial charge on any atom is -0.508 e. The van der Waals surface area contributed by atoms with Crippen LogP contribution in [0.1, 0.15) is 5.89 Å². The van der Waals surface area contributed by atoms with Gasteiger partial charge in [0.05, 0.1) is 19.8 Å². The Morgan fingerprint density at radius 1 is 1.00 bits per heavy atom. The highest BCUT2D eigenvalue weighted by Gasteiger charge is 2.24. The van der Waals surface area contributed by atoms with Crippen molar-refractivity contribution in [3.8, 4) is 17.1 Å². The second kappa shape index (κ2) is 8.17. The van der Waals surface area contributed by atoms with E-state index in [1.807, 2.05) is 6.07 Å². The van der Waals surface area contributed by atoms with E-state index in [1.165, 1.54) is 0 Å². The van der Waals surface area contributed by atoms with Gasteiger partial charge >= 0.3 is 0 Å². The van der Waals surface area contributed by atoms with Gasteiger partial charge in [0, 0.05) is 44.8 Å². The molecule has 2 fully saturated rings. The molecule has 2 aliphatic heterocycles. The van der Waals surface area contributed by atoms with E-state index in [2.05, 4.69) is 26.7 Å². The number of oxazole rings is 1. The molecule has 0 spiro atoms. The maximum absolute atomic E-state index is 9.89. The van der Waals surface area contributed by atoms with Crippen molar-refractivity contribution in [2.75, 3.05) is 64.4 Å². The van der Waals surface area contributed by atoms with Crippen LogP contribution in [0, 0.1) is 0 Å². The summed E-state index contributed by atoms with van der Waals surface area (Å²) < 4.78 is 11.7. The summed E-state index contributed by atoms with van der Waals surface area (Å²) in [6.45, 7) is 7.50. The van der Waals surface area contributed by atoms with Gasteiger partial charge in [-0.1, -0.05) is 12.1 Å². The average Bonchev–Trinajstić information content (AvgIpc) is 3.17. The predicted molar refractivity (Wildman–Crippen MR) is 113 cm³/mol. The third-order valence-electron chi connectivity index (χ3n) is 5.65. The third kappa shape index (κ3) is 3.96. The van der Waals surface area contributed by atoms with Gasteiger partial charge in [0.25, 0.3) is 0 Å². The Morgan fingerprint density at radius 3 is 2.57 bits per heavy atom. The zero-order valence-electron chi connectivity index (χ0n) is 17.1. The number of benzene rings is 1. The number of anilines is 1. The van der Waals surface area contributed by atoms with E-state index in [1.54, 1.807) is 18.2 Å². The number of likely N-dealkylation sites (N-methyl/N-ethyl adjacent to an activating group) is 1. The van der Waals surface area contributed by atoms with Gasteiger partial charge in [-0.2, -0.15) is 4.98 Å². The number of phenols is 1. The summed E-state index contributed by atoms with van der Waals surface area (Å²) >= 11 is 0. The van der Waals surface area contributed by atoms with E-state index in [-0.39, 0.29) is 5.75 Å². The summed E-state index contributed by atoms with van der Waals surface area (Å²) in [5, 5.41) is 9.89. The van der Waals surface area contributed by atoms with Gasteiger partial charge in [0.1, 0.15) is 5.75 Å². The molecule has 0 saturated carbocycles. The van der Waals surface area contributed by atoms with Crippen LogP contribution >= 0.6 is 0 Å². The number of aromatic nitrogens is 3. The summed E-state index contributed by atoms with van der Waals surface area (Å²) in [4.78, 5) is 21.0. The molecule has 1 aromatic carbocycles. The lowest BCUT2D eigenvalue weighted by molar-refractivity contribution is 0.122. The van der Waals surface area contributed by atoms with Crippen LogP contribution in [0.3, 0.4) is 0 Å². The van der Waals surface area contributed by atoms with Crippen molar-refractivity contribution in [2.24, 2.45) is 0 Å². The van der Waals surface area contributed by atoms with Crippen LogP contribution in [0.4, 0.5) is 5.82 Å². The number of morpholine rings is 1. The first-order valence-electron chi connectivity index (χ1n) is 10.4. The molecule has 0 radical (unpaired) electrons. The van der Waals surface area contributed by atoms with Crippen LogP contribution in [-0.4, -0.2) is 89.4 Å². The molecule has 2 aliphatic rings. The zero-order valence-corrected chi connectivity index (χ0v) is 17.1. The molecule has 30 heavy (non-hydrogen) atoms. The van der Waals surface area contributed by atoms with Gasteiger partial charge in [0.15, 0.2) is 11.6 Å². The summed E-state index contributed by atoms with van der Waals surface area (Å²) in [5.74, 6) is 2.10. The van der Waals surface area contributed by atoms with Crippen LogP contribution in [0.25, 0.3) is 22.6 Å². The Balaban J connectivity index is 1.52. The average molecular weight is 410 g/mol. The van der Waals surface area contributed by atoms with Crippen LogP contribution in [0.5, 0.6) is 5.75 Å². The molecule has 1 N–H and O–H groups in total. The first kappa shape index (κ1) is 19.2. The number of nitrogens with zero attached hydrogens (tertiary/aromatic N) is 6. The largest absolute Gasteiger partial charge is 0.508 e. The van der Waals surface area contributed by atoms with Crippen LogP contribution in [-0.2, 0) is 11.3 Å². The number of rotatable bonds is 4. The fourth-order valence-electron chi connectivity index (χ4n) is 3.88. The van der Waals surface area contributed by atoms with Gasteiger partial charge in [-0.25, -0.2) is 9.97 Å². The minimum atomic E-state index is 0.181. The van der Waals surface area contributed by atoms with Crippen molar-refractivity contribution in [1.82, 2.24) is 24.8 Å². The van der Waals surface area contributed by atoms with E-state index in [0.29, 0.717) is 42.7 Å². The Hall–Kier alpha value is -2.75. The van der Waals surface area contributed by atoms with Crippen molar-refractivity contribution in [3.05, 3.63) is 30.2 Å². The molecule has 4 heterocycles. The number of fused-ring (bicyclic) bond motifs is 1. The molecule has 3 aromatic rings. The van der Waals surface area contributed by atoms with Crippen molar-refractivity contribution in [3.63, 3.8) is 0 Å². The van der Waals surface area contributed by atoms with Gasteiger partial charge in [-0.05, 0) is 19.2 Å². The molecule has 0 bridgehead atoms. The minimum absolute atomic E-state index is 0.181. The molecule has 9 nitrogen and oxygen atoms in total. The lowest BCUT2D eigenvalue weighted by Crippen LogP contribution is -2.43. The molecule has 2 saturated heterocycles. The number of hydrogen-bond acceptors (Lipinski definition) is 9. The molecule has 0 unspecified atom stereocenters. The Labute approximate surface area is 174 Å². The highest BCUT2D eigenvalue weighted by Crippen LogP contribution is 2.30. The standard InChI is InChI=1S/C21H26N6O3/c1-25-5-7-26(8-6-25)14-17-22-20-18(30-17)21(27-9-11-29-12-10-27)24-19(23-20)15-3-2-4-16(28)13-15/h2-4,13,28H,5-12,14H2,1H3. The number of piperazine rings is 1. The van der Waals surface area contributed by atoms with Crippen molar-refractivity contribution in [1.29, 1.82) is 0 Å². The quantitative estimate of drug-likeness (QED) is 0.688. The fourth-order valence-corrected chi connectivity index (χ4v) is 3.88. The van der Waals surface area contributed by atoms with Crippen LogP contribution in [0.2, 0.25) is 0 Å². The smallest absolute Gasteiger partial charge is 0.216 e. The maximum atomic E-state index is 9.89. The third-order valence-corrected chi connectivity index (χ3v) is 5.65. The predicted octanol–water partition coefficient (Wildman–Crippen LogP) is 1.57. The molecule has 0 aliphatic carbocycles. The summed E-state index contributed by atoms with van der Waals surface area (Å²) in [7, 11) is 2.14. The topological polar surface area (TPSA) is 91.0 Å². The SMILES string of the molecule is CN1CCN(Cc2nc3nc(-c4cccc(O)c4)nc(N4CCOCC4)c3o2)CC1. The van der Waals surface area contributed by atoms with Crippen molar-refractivity contribution >= 4 is 17.0 Å². The highest BCUT2D eigenvalue weighted by molar-refractivity contribution is 5.83. The second-order valence-electron chi connectivity index (χ2n) is 7.86. The lowest BCUT2D eigenvalue weighted by atomic mass is 10.2. The fraction of sp³-hybridized carbons (Fsp3) is 0.476. The summed E-state index contributed by atoms with van der Waals surface area (Å²) in [6.07, 6.45) is 0. The van der Waals surface area contributed by atoms with Gasteiger partial charge in [-0.3, -0.25) is 4.90 Å². The molecular formula is C21H26N6O3. The van der Waals surface area contributed by atoms with Crippen LogP contribution in [0.15, 0.2) is 28.7 Å². The van der Waals surface area contributed by atoms with Gasteiger partial charge in [-0.15, -0.1) is 0 Å². The maximum Gasteiger partial charge on any atom is 0.216 e. The number of aromatic hydroxyl groups is 1. The number of hydrogen-bond donors (Lipinski definition) is 1. The first-order chi connectivity index (χ1) is 14.7. The van der Waals surface area contributed by atoms with E-state index >= 15 is 0 Å². The number of phenolic OH excluding ortho intramolecular Hbond substituents is 1. The van der Waals surface area contributed by atoms with E-state index in [9.17, 15) is 5.11 Å². The monoisotopic (exact) mass is 410 g/mol. The van der Waals surface area contributed by atoms with Gasteiger partial charge in [0.2, 0.25) is 17.1 Å². The normalized spacial score (nSPS) is 18.9. The zero-order chi connectivity index (χ0) is 20.5.